The molecule has 0 saturated heterocycles. The van der Waals surface area contributed by atoms with E-state index in [-0.39, 0.29) is 6.04 Å². The van der Waals surface area contributed by atoms with E-state index in [1.807, 2.05) is 6.20 Å². The zero-order valence-corrected chi connectivity index (χ0v) is 12.6. The monoisotopic (exact) mass is 273 g/mol. The summed E-state index contributed by atoms with van der Waals surface area (Å²) in [4.78, 5) is 0. The molecule has 1 aromatic heterocycles. The van der Waals surface area contributed by atoms with E-state index in [0.717, 1.165) is 30.7 Å². The molecule has 1 unspecified atom stereocenters. The van der Waals surface area contributed by atoms with E-state index < -0.39 is 0 Å². The van der Waals surface area contributed by atoms with Gasteiger partial charge in [0, 0.05) is 24.3 Å². The SMILES string of the molecule is CCCn1cc(C(N)C23CC4CC(CC(C4)C2)C3)cn1. The van der Waals surface area contributed by atoms with Crippen LogP contribution < -0.4 is 5.73 Å². The average molecular weight is 273 g/mol. The maximum absolute atomic E-state index is 6.75. The third-order valence-corrected chi connectivity index (χ3v) is 6.21. The van der Waals surface area contributed by atoms with Crippen LogP contribution in [0.2, 0.25) is 0 Å². The molecule has 5 rings (SSSR count). The fourth-order valence-electron chi connectivity index (χ4n) is 5.80. The quantitative estimate of drug-likeness (QED) is 0.912. The molecule has 0 aromatic carbocycles. The van der Waals surface area contributed by atoms with Crippen LogP contribution in [0.15, 0.2) is 12.4 Å². The van der Waals surface area contributed by atoms with Crippen molar-refractivity contribution in [3.8, 4) is 0 Å². The molecule has 0 spiro atoms. The summed E-state index contributed by atoms with van der Waals surface area (Å²) >= 11 is 0. The molecule has 20 heavy (non-hydrogen) atoms. The molecule has 3 heteroatoms. The van der Waals surface area contributed by atoms with Crippen LogP contribution in [0.5, 0.6) is 0 Å². The second-order valence-electron chi connectivity index (χ2n) is 7.79. The van der Waals surface area contributed by atoms with Crippen LogP contribution in [0.1, 0.15) is 63.5 Å². The number of hydrogen-bond acceptors (Lipinski definition) is 2. The first kappa shape index (κ1) is 12.9. The molecular formula is C17H27N3. The van der Waals surface area contributed by atoms with Gasteiger partial charge in [-0.2, -0.15) is 5.10 Å². The first-order valence-corrected chi connectivity index (χ1v) is 8.46. The summed E-state index contributed by atoms with van der Waals surface area (Å²) in [5.74, 6) is 2.91. The lowest BCUT2D eigenvalue weighted by molar-refractivity contribution is -0.0677. The molecular weight excluding hydrogens is 246 g/mol. The van der Waals surface area contributed by atoms with Crippen LogP contribution in [0.4, 0.5) is 0 Å². The maximum atomic E-state index is 6.75. The number of nitrogens with zero attached hydrogens (tertiary/aromatic N) is 2. The molecule has 4 saturated carbocycles. The highest BCUT2D eigenvalue weighted by atomic mass is 15.3. The fourth-order valence-corrected chi connectivity index (χ4v) is 5.80. The van der Waals surface area contributed by atoms with Gasteiger partial charge in [-0.15, -0.1) is 0 Å². The number of hydrogen-bond donors (Lipinski definition) is 1. The molecule has 1 heterocycles. The van der Waals surface area contributed by atoms with Crippen LogP contribution >= 0.6 is 0 Å². The highest BCUT2D eigenvalue weighted by molar-refractivity contribution is 5.18. The molecule has 0 amide bonds. The van der Waals surface area contributed by atoms with Crippen molar-refractivity contribution in [2.24, 2.45) is 28.9 Å². The summed E-state index contributed by atoms with van der Waals surface area (Å²) in [6, 6.07) is 0.210. The van der Waals surface area contributed by atoms with Crippen molar-refractivity contribution in [1.29, 1.82) is 0 Å². The van der Waals surface area contributed by atoms with Gasteiger partial charge in [-0.1, -0.05) is 6.92 Å². The van der Waals surface area contributed by atoms with Crippen molar-refractivity contribution in [2.75, 3.05) is 0 Å². The number of rotatable bonds is 4. The Morgan fingerprint density at radius 1 is 1.25 bits per heavy atom. The minimum atomic E-state index is 0.210. The first-order valence-electron chi connectivity index (χ1n) is 8.46. The predicted molar refractivity (Wildman–Crippen MR) is 80.1 cm³/mol. The third kappa shape index (κ3) is 1.93. The van der Waals surface area contributed by atoms with E-state index in [0.29, 0.717) is 5.41 Å². The van der Waals surface area contributed by atoms with E-state index in [2.05, 4.69) is 22.9 Å². The zero-order chi connectivity index (χ0) is 13.7. The largest absolute Gasteiger partial charge is 0.323 e. The molecule has 4 fully saturated rings. The summed E-state index contributed by atoms with van der Waals surface area (Å²) < 4.78 is 2.07. The Kier molecular flexibility index (Phi) is 2.95. The van der Waals surface area contributed by atoms with Gasteiger partial charge < -0.3 is 5.73 Å². The summed E-state index contributed by atoms with van der Waals surface area (Å²) in [5.41, 5.74) is 8.43. The van der Waals surface area contributed by atoms with Gasteiger partial charge in [0.05, 0.1) is 6.20 Å². The van der Waals surface area contributed by atoms with Crippen LogP contribution in [0.25, 0.3) is 0 Å². The third-order valence-electron chi connectivity index (χ3n) is 6.21. The molecule has 2 N–H and O–H groups in total. The highest BCUT2D eigenvalue weighted by Crippen LogP contribution is 2.63. The Hall–Kier alpha value is -0.830. The topological polar surface area (TPSA) is 43.8 Å². The minimum Gasteiger partial charge on any atom is -0.323 e. The lowest BCUT2D eigenvalue weighted by Gasteiger charge is -2.58. The minimum absolute atomic E-state index is 0.210. The van der Waals surface area contributed by atoms with Gasteiger partial charge in [0.2, 0.25) is 0 Å². The van der Waals surface area contributed by atoms with E-state index in [4.69, 9.17) is 5.73 Å². The lowest BCUT2D eigenvalue weighted by Crippen LogP contribution is -2.50. The lowest BCUT2D eigenvalue weighted by atomic mass is 9.47. The molecule has 4 bridgehead atoms. The summed E-state index contributed by atoms with van der Waals surface area (Å²) in [5, 5.41) is 4.49. The second-order valence-corrected chi connectivity index (χ2v) is 7.79. The summed E-state index contributed by atoms with van der Waals surface area (Å²) in [7, 11) is 0. The molecule has 4 aliphatic rings. The molecule has 1 aromatic rings. The molecule has 4 aliphatic carbocycles. The fraction of sp³-hybridized carbons (Fsp3) is 0.824. The molecule has 110 valence electrons. The second kappa shape index (κ2) is 4.59. The van der Waals surface area contributed by atoms with Gasteiger partial charge in [0.15, 0.2) is 0 Å². The maximum Gasteiger partial charge on any atom is 0.0537 e. The van der Waals surface area contributed by atoms with Crippen LogP contribution in [0.3, 0.4) is 0 Å². The normalized spacial score (nSPS) is 40.2. The van der Waals surface area contributed by atoms with Crippen molar-refractivity contribution in [1.82, 2.24) is 9.78 Å². The van der Waals surface area contributed by atoms with Crippen molar-refractivity contribution in [3.63, 3.8) is 0 Å². The summed E-state index contributed by atoms with van der Waals surface area (Å²) in [6.45, 7) is 3.20. The van der Waals surface area contributed by atoms with Gasteiger partial charge >= 0.3 is 0 Å². The van der Waals surface area contributed by atoms with E-state index in [9.17, 15) is 0 Å². The van der Waals surface area contributed by atoms with Crippen molar-refractivity contribution in [2.45, 2.75) is 64.5 Å². The van der Waals surface area contributed by atoms with Gasteiger partial charge in [-0.25, -0.2) is 0 Å². The first-order chi connectivity index (χ1) is 9.68. The van der Waals surface area contributed by atoms with E-state index >= 15 is 0 Å². The summed E-state index contributed by atoms with van der Waals surface area (Å²) in [6.07, 6.45) is 13.9. The Morgan fingerprint density at radius 2 is 1.85 bits per heavy atom. The van der Waals surface area contributed by atoms with Gasteiger partial charge in [0.1, 0.15) is 0 Å². The smallest absolute Gasteiger partial charge is 0.0537 e. The molecule has 0 radical (unpaired) electrons. The predicted octanol–water partition coefficient (Wildman–Crippen LogP) is 3.51. The van der Waals surface area contributed by atoms with E-state index in [1.165, 1.54) is 44.1 Å². The van der Waals surface area contributed by atoms with Crippen molar-refractivity contribution >= 4 is 0 Å². The van der Waals surface area contributed by atoms with Crippen LogP contribution in [-0.2, 0) is 6.54 Å². The average Bonchev–Trinajstić information content (AvgIpc) is 2.85. The number of aromatic nitrogens is 2. The van der Waals surface area contributed by atoms with Crippen molar-refractivity contribution in [3.05, 3.63) is 18.0 Å². The van der Waals surface area contributed by atoms with Crippen LogP contribution in [-0.4, -0.2) is 9.78 Å². The number of aryl methyl sites for hydroxylation is 1. The highest BCUT2D eigenvalue weighted by Gasteiger charge is 2.53. The Morgan fingerprint density at radius 3 is 2.40 bits per heavy atom. The van der Waals surface area contributed by atoms with Crippen molar-refractivity contribution < 1.29 is 0 Å². The van der Waals surface area contributed by atoms with E-state index in [1.54, 1.807) is 0 Å². The Labute approximate surface area is 121 Å². The standard InChI is InChI=1S/C17H27N3/c1-2-3-20-11-15(10-19-20)16(18)17-7-12-4-13(8-17)6-14(5-12)9-17/h10-14,16H,2-9,18H2,1H3. The van der Waals surface area contributed by atoms with Gasteiger partial charge in [-0.3, -0.25) is 4.68 Å². The van der Waals surface area contributed by atoms with Gasteiger partial charge in [-0.05, 0) is 68.1 Å². The number of nitrogens with two attached hydrogens (primary N) is 1. The van der Waals surface area contributed by atoms with Gasteiger partial charge in [0.25, 0.3) is 0 Å². The van der Waals surface area contributed by atoms with Crippen LogP contribution in [0, 0.1) is 23.2 Å². The molecule has 0 aliphatic heterocycles. The zero-order valence-electron chi connectivity index (χ0n) is 12.6. The Balaban J connectivity index is 1.59. The molecule has 3 nitrogen and oxygen atoms in total. The molecule has 1 atom stereocenters. The Bertz CT molecular complexity index is 455.